The molecule has 0 bridgehead atoms. The number of sulfone groups is 1. The molecule has 2 heterocycles. The predicted molar refractivity (Wildman–Crippen MR) is 132 cm³/mol. The predicted octanol–water partition coefficient (Wildman–Crippen LogP) is 4.78. The maximum absolute atomic E-state index is 11.7. The van der Waals surface area contributed by atoms with E-state index in [1.54, 1.807) is 23.9 Å². The van der Waals surface area contributed by atoms with Gasteiger partial charge in [-0.05, 0) is 61.7 Å². The molecule has 4 rings (SSSR count). The normalized spacial score (nSPS) is 14.5. The third-order valence-electron chi connectivity index (χ3n) is 4.92. The standard InChI is InChI=1S/C24H26N2O5S2/c1-16(15-32-2)30-19-12-17(22-8-9-23(26-22)24-25-10-11-29-24)13-20(14-19)31-18-4-6-21(7-5-18)33(3,27)28/h4-9,12-14,16,26H,10-11,15H2,1-3H3/t16-/m0/s1. The Balaban J connectivity index is 1.64. The Morgan fingerprint density at radius 1 is 1.06 bits per heavy atom. The zero-order chi connectivity index (χ0) is 23.4. The number of nitrogens with one attached hydrogen (secondary N) is 1. The number of hydrogen-bond acceptors (Lipinski definition) is 7. The van der Waals surface area contributed by atoms with E-state index in [-0.39, 0.29) is 11.0 Å². The quantitative estimate of drug-likeness (QED) is 0.468. The second-order valence-corrected chi connectivity index (χ2v) is 10.7. The van der Waals surface area contributed by atoms with E-state index in [0.717, 1.165) is 22.7 Å². The molecule has 0 fully saturated rings. The van der Waals surface area contributed by atoms with Gasteiger partial charge in [-0.2, -0.15) is 11.8 Å². The van der Waals surface area contributed by atoms with Crippen molar-refractivity contribution in [1.29, 1.82) is 0 Å². The minimum absolute atomic E-state index is 0.0255. The van der Waals surface area contributed by atoms with Crippen molar-refractivity contribution in [1.82, 2.24) is 4.98 Å². The van der Waals surface area contributed by atoms with Gasteiger partial charge in [0, 0.05) is 29.3 Å². The first-order chi connectivity index (χ1) is 15.8. The molecular weight excluding hydrogens is 460 g/mol. The molecule has 0 unspecified atom stereocenters. The summed E-state index contributed by atoms with van der Waals surface area (Å²) in [5.74, 6) is 3.27. The Kier molecular flexibility index (Phi) is 6.99. The number of H-pyrrole nitrogens is 1. The highest BCUT2D eigenvalue weighted by Gasteiger charge is 2.15. The van der Waals surface area contributed by atoms with Crippen LogP contribution in [0.25, 0.3) is 11.3 Å². The van der Waals surface area contributed by atoms with E-state index in [0.29, 0.717) is 36.3 Å². The Morgan fingerprint density at radius 2 is 1.79 bits per heavy atom. The van der Waals surface area contributed by atoms with Gasteiger partial charge in [-0.3, -0.25) is 0 Å². The molecule has 9 heteroatoms. The van der Waals surface area contributed by atoms with Crippen LogP contribution < -0.4 is 9.47 Å². The number of aromatic amines is 1. The molecule has 7 nitrogen and oxygen atoms in total. The second-order valence-electron chi connectivity index (χ2n) is 7.74. The molecular formula is C24H26N2O5S2. The van der Waals surface area contributed by atoms with Crippen LogP contribution in [0.15, 0.2) is 64.5 Å². The van der Waals surface area contributed by atoms with E-state index in [1.165, 1.54) is 18.4 Å². The lowest BCUT2D eigenvalue weighted by Crippen LogP contribution is -2.14. The number of rotatable bonds is 9. The third-order valence-corrected chi connectivity index (χ3v) is 6.85. The van der Waals surface area contributed by atoms with Crippen LogP contribution >= 0.6 is 11.8 Å². The van der Waals surface area contributed by atoms with Crippen LogP contribution in [0.4, 0.5) is 0 Å². The highest BCUT2D eigenvalue weighted by Crippen LogP contribution is 2.33. The molecule has 174 valence electrons. The highest BCUT2D eigenvalue weighted by atomic mass is 32.2. The van der Waals surface area contributed by atoms with Crippen molar-refractivity contribution >= 4 is 27.5 Å². The van der Waals surface area contributed by atoms with Gasteiger partial charge in [0.1, 0.15) is 35.7 Å². The fourth-order valence-corrected chi connectivity index (χ4v) is 4.60. The molecule has 0 saturated carbocycles. The molecule has 0 aliphatic carbocycles. The molecule has 2 aromatic carbocycles. The molecule has 0 spiro atoms. The molecule has 1 atom stereocenters. The summed E-state index contributed by atoms with van der Waals surface area (Å²) in [6.07, 6.45) is 3.25. The van der Waals surface area contributed by atoms with Crippen LogP contribution in [-0.4, -0.2) is 56.8 Å². The van der Waals surface area contributed by atoms with Gasteiger partial charge in [0.25, 0.3) is 0 Å². The first-order valence-electron chi connectivity index (χ1n) is 10.5. The summed E-state index contributed by atoms with van der Waals surface area (Å²) < 4.78 is 41.2. The van der Waals surface area contributed by atoms with Gasteiger partial charge in [-0.25, -0.2) is 13.4 Å². The Morgan fingerprint density at radius 3 is 2.45 bits per heavy atom. The third kappa shape index (κ3) is 5.91. The van der Waals surface area contributed by atoms with E-state index >= 15 is 0 Å². The summed E-state index contributed by atoms with van der Waals surface area (Å²) in [6.45, 7) is 3.28. The second kappa shape index (κ2) is 9.93. The van der Waals surface area contributed by atoms with Gasteiger partial charge in [-0.1, -0.05) is 0 Å². The molecule has 0 amide bonds. The lowest BCUT2D eigenvalue weighted by Gasteiger charge is -2.16. The molecule has 3 aromatic rings. The summed E-state index contributed by atoms with van der Waals surface area (Å²) in [5.41, 5.74) is 2.59. The molecule has 0 radical (unpaired) electrons. The van der Waals surface area contributed by atoms with E-state index in [4.69, 9.17) is 14.2 Å². The average molecular weight is 487 g/mol. The van der Waals surface area contributed by atoms with Crippen LogP contribution in [0.5, 0.6) is 17.2 Å². The van der Waals surface area contributed by atoms with E-state index in [9.17, 15) is 8.42 Å². The molecule has 0 saturated heterocycles. The lowest BCUT2D eigenvalue weighted by molar-refractivity contribution is 0.246. The number of ether oxygens (including phenoxy) is 3. The van der Waals surface area contributed by atoms with E-state index in [1.807, 2.05) is 43.5 Å². The fourth-order valence-electron chi connectivity index (χ4n) is 3.43. The van der Waals surface area contributed by atoms with Gasteiger partial charge in [-0.15, -0.1) is 0 Å². The zero-order valence-electron chi connectivity index (χ0n) is 18.7. The highest BCUT2D eigenvalue weighted by molar-refractivity contribution is 7.98. The Hall–Kier alpha value is -2.91. The molecule has 1 N–H and O–H groups in total. The number of thioether (sulfide) groups is 1. The van der Waals surface area contributed by atoms with Crippen LogP contribution in [0.2, 0.25) is 0 Å². The van der Waals surface area contributed by atoms with Crippen molar-refractivity contribution in [2.24, 2.45) is 4.99 Å². The summed E-state index contributed by atoms with van der Waals surface area (Å²) >= 11 is 1.72. The molecule has 1 aliphatic rings. The minimum Gasteiger partial charge on any atom is -0.490 e. The maximum Gasteiger partial charge on any atom is 0.233 e. The average Bonchev–Trinajstić information content (AvgIpc) is 3.45. The molecule has 33 heavy (non-hydrogen) atoms. The van der Waals surface area contributed by atoms with Crippen molar-refractivity contribution in [3.05, 3.63) is 60.3 Å². The van der Waals surface area contributed by atoms with E-state index in [2.05, 4.69) is 9.98 Å². The van der Waals surface area contributed by atoms with Crippen LogP contribution in [0, 0.1) is 0 Å². The van der Waals surface area contributed by atoms with Gasteiger partial charge in [0.15, 0.2) is 9.84 Å². The van der Waals surface area contributed by atoms with Gasteiger partial charge >= 0.3 is 0 Å². The smallest absolute Gasteiger partial charge is 0.233 e. The largest absolute Gasteiger partial charge is 0.490 e. The van der Waals surface area contributed by atoms with Gasteiger partial charge in [0.05, 0.1) is 11.4 Å². The summed E-state index contributed by atoms with van der Waals surface area (Å²) in [5, 5.41) is 0. The van der Waals surface area contributed by atoms with Crippen LogP contribution in [-0.2, 0) is 14.6 Å². The number of aromatic nitrogens is 1. The summed E-state index contributed by atoms with van der Waals surface area (Å²) in [6, 6.07) is 16.0. The zero-order valence-corrected chi connectivity index (χ0v) is 20.3. The summed E-state index contributed by atoms with van der Waals surface area (Å²) in [4.78, 5) is 7.96. The Labute approximate surface area is 198 Å². The van der Waals surface area contributed by atoms with E-state index < -0.39 is 9.84 Å². The number of nitrogens with zero attached hydrogens (tertiary/aromatic N) is 1. The number of aliphatic imine (C=N–C) groups is 1. The molecule has 1 aliphatic heterocycles. The topological polar surface area (TPSA) is 90.0 Å². The Bertz CT molecular complexity index is 1250. The van der Waals surface area contributed by atoms with Crippen molar-refractivity contribution in [3.8, 4) is 28.5 Å². The SMILES string of the molecule is CSC[C@H](C)Oc1cc(Oc2ccc(S(C)(=O)=O)cc2)cc(-c2ccc(C3=NCCO3)[nH]2)c1. The lowest BCUT2D eigenvalue weighted by atomic mass is 10.1. The number of hydrogen-bond donors (Lipinski definition) is 1. The molecule has 1 aromatic heterocycles. The minimum atomic E-state index is -3.27. The van der Waals surface area contributed by atoms with Crippen LogP contribution in [0.3, 0.4) is 0 Å². The number of benzene rings is 2. The van der Waals surface area contributed by atoms with Gasteiger partial charge in [0.2, 0.25) is 5.90 Å². The summed E-state index contributed by atoms with van der Waals surface area (Å²) in [7, 11) is -3.27. The first kappa shape index (κ1) is 23.3. The van der Waals surface area contributed by atoms with Crippen LogP contribution in [0.1, 0.15) is 12.6 Å². The van der Waals surface area contributed by atoms with Crippen molar-refractivity contribution in [3.63, 3.8) is 0 Å². The fraction of sp³-hybridized carbons (Fsp3) is 0.292. The van der Waals surface area contributed by atoms with Crippen molar-refractivity contribution < 1.29 is 22.6 Å². The maximum atomic E-state index is 11.7. The van der Waals surface area contributed by atoms with Gasteiger partial charge < -0.3 is 19.2 Å². The first-order valence-corrected chi connectivity index (χ1v) is 13.8. The van der Waals surface area contributed by atoms with Crippen molar-refractivity contribution in [2.75, 3.05) is 31.4 Å². The van der Waals surface area contributed by atoms with Crippen molar-refractivity contribution in [2.45, 2.75) is 17.9 Å². The monoisotopic (exact) mass is 486 g/mol.